The van der Waals surface area contributed by atoms with E-state index in [2.05, 4.69) is 34.6 Å². The third-order valence-corrected chi connectivity index (χ3v) is 20.7. The summed E-state index contributed by atoms with van der Waals surface area (Å²) in [5, 5.41) is 10.6. The van der Waals surface area contributed by atoms with Gasteiger partial charge < -0.3 is 33.8 Å². The fourth-order valence-corrected chi connectivity index (χ4v) is 14.0. The zero-order chi connectivity index (χ0) is 72.7. The average molecular weight is 1450 g/mol. The van der Waals surface area contributed by atoms with Crippen LogP contribution in [0.15, 0.2) is 0 Å². The van der Waals surface area contributed by atoms with Gasteiger partial charge in [0.25, 0.3) is 0 Å². The molecule has 0 saturated heterocycles. The topological polar surface area (TPSA) is 237 Å². The summed E-state index contributed by atoms with van der Waals surface area (Å²) < 4.78 is 68.6. The molecule has 0 aliphatic heterocycles. The molecule has 0 saturated carbocycles. The van der Waals surface area contributed by atoms with Crippen LogP contribution in [0.3, 0.4) is 0 Å². The second-order valence-corrected chi connectivity index (χ2v) is 32.2. The first-order valence-corrected chi connectivity index (χ1v) is 44.6. The fraction of sp³-hybridized carbons (Fsp3) is 0.950. The van der Waals surface area contributed by atoms with Crippen molar-refractivity contribution in [3.05, 3.63) is 0 Å². The summed E-state index contributed by atoms with van der Waals surface area (Å²) in [7, 11) is -9.91. The van der Waals surface area contributed by atoms with Crippen molar-refractivity contribution in [3.8, 4) is 0 Å². The van der Waals surface area contributed by atoms with Gasteiger partial charge in [0, 0.05) is 25.7 Å². The van der Waals surface area contributed by atoms with E-state index in [1.54, 1.807) is 0 Å². The first-order valence-electron chi connectivity index (χ1n) is 41.6. The van der Waals surface area contributed by atoms with Gasteiger partial charge in [-0.25, -0.2) is 9.13 Å². The molecule has 0 rings (SSSR count). The maximum atomic E-state index is 13.1. The van der Waals surface area contributed by atoms with Gasteiger partial charge in [-0.15, -0.1) is 0 Å². The number of esters is 4. The number of hydrogen-bond donors (Lipinski definition) is 3. The predicted octanol–water partition coefficient (Wildman–Crippen LogP) is 24.0. The molecule has 0 aromatic heterocycles. The number of carbonyl (C=O) groups is 4. The lowest BCUT2D eigenvalue weighted by molar-refractivity contribution is -0.161. The molecule has 0 aliphatic carbocycles. The third kappa shape index (κ3) is 74.1. The summed E-state index contributed by atoms with van der Waals surface area (Å²) in [5.41, 5.74) is 0. The van der Waals surface area contributed by atoms with Crippen LogP contribution in [0.1, 0.15) is 426 Å². The Bertz CT molecular complexity index is 1890. The minimum Gasteiger partial charge on any atom is -0.462 e. The minimum absolute atomic E-state index is 0.108. The van der Waals surface area contributed by atoms with Gasteiger partial charge in [-0.3, -0.25) is 37.3 Å². The second kappa shape index (κ2) is 73.0. The Morgan fingerprint density at radius 1 is 0.273 bits per heavy atom. The number of phosphoric ester groups is 2. The van der Waals surface area contributed by atoms with Crippen LogP contribution in [0, 0.1) is 5.92 Å². The zero-order valence-electron chi connectivity index (χ0n) is 64.6. The van der Waals surface area contributed by atoms with Crippen LogP contribution in [0.2, 0.25) is 0 Å². The molecule has 0 radical (unpaired) electrons. The standard InChI is InChI=1S/C80H156O17P2/c1-6-9-12-15-18-20-22-24-26-28-29-33-36-40-44-49-54-59-64-78(83)91-70-76(97-80(85)66-61-56-51-46-42-38-34-30-31-35-39-43-48-52-57-62-73(4)5)72-95-99(88,89)93-68-74(81)67-92-98(86,87)94-71-75(69-90-77(82)63-58-53-47-17-14-11-8-3)96-79(84)65-60-55-50-45-41-37-32-27-25-23-21-19-16-13-10-7-2/h73-76,81H,6-72H2,1-5H3,(H,86,87)(H,88,89)/t74-,75+,76+/m0/s1. The minimum atomic E-state index is -4.96. The van der Waals surface area contributed by atoms with Crippen molar-refractivity contribution in [1.29, 1.82) is 0 Å². The number of rotatable bonds is 80. The Morgan fingerprint density at radius 3 is 0.687 bits per heavy atom. The van der Waals surface area contributed by atoms with Crippen molar-refractivity contribution < 1.29 is 80.2 Å². The number of phosphoric acid groups is 2. The van der Waals surface area contributed by atoms with Crippen molar-refractivity contribution >= 4 is 39.5 Å². The normalized spacial score (nSPS) is 13.9. The molecule has 17 nitrogen and oxygen atoms in total. The van der Waals surface area contributed by atoms with Crippen LogP contribution in [-0.2, 0) is 65.4 Å². The van der Waals surface area contributed by atoms with Crippen molar-refractivity contribution in [2.45, 2.75) is 445 Å². The van der Waals surface area contributed by atoms with E-state index >= 15 is 0 Å². The molecule has 0 aromatic rings. The summed E-state index contributed by atoms with van der Waals surface area (Å²) in [6, 6.07) is 0. The highest BCUT2D eigenvalue weighted by Crippen LogP contribution is 2.45. The van der Waals surface area contributed by atoms with Gasteiger partial charge in [0.15, 0.2) is 12.2 Å². The molecule has 99 heavy (non-hydrogen) atoms. The van der Waals surface area contributed by atoms with Gasteiger partial charge in [-0.1, -0.05) is 375 Å². The molecule has 0 spiro atoms. The largest absolute Gasteiger partial charge is 0.472 e. The number of unbranched alkanes of at least 4 members (excludes halogenated alkanes) is 52. The van der Waals surface area contributed by atoms with E-state index < -0.39 is 97.5 Å². The quantitative estimate of drug-likeness (QED) is 0.0222. The lowest BCUT2D eigenvalue weighted by Gasteiger charge is -2.21. The Balaban J connectivity index is 5.18. The van der Waals surface area contributed by atoms with E-state index in [1.807, 2.05) is 0 Å². The molecule has 0 amide bonds. The van der Waals surface area contributed by atoms with Gasteiger partial charge in [-0.2, -0.15) is 0 Å². The smallest absolute Gasteiger partial charge is 0.462 e. The molecule has 3 N–H and O–H groups in total. The maximum absolute atomic E-state index is 13.1. The highest BCUT2D eigenvalue weighted by molar-refractivity contribution is 7.47. The molecule has 0 aromatic carbocycles. The molecular formula is C80H156O17P2. The Hall–Kier alpha value is -1.94. The van der Waals surface area contributed by atoms with Crippen LogP contribution >= 0.6 is 15.6 Å². The lowest BCUT2D eigenvalue weighted by Crippen LogP contribution is -2.30. The van der Waals surface area contributed by atoms with Crippen LogP contribution in [-0.4, -0.2) is 96.7 Å². The molecule has 0 fully saturated rings. The van der Waals surface area contributed by atoms with E-state index in [4.69, 9.17) is 37.0 Å². The molecule has 0 aliphatic rings. The maximum Gasteiger partial charge on any atom is 0.472 e. The summed E-state index contributed by atoms with van der Waals surface area (Å²) in [6.07, 6.45) is 64.0. The van der Waals surface area contributed by atoms with Crippen molar-refractivity contribution in [3.63, 3.8) is 0 Å². The average Bonchev–Trinajstić information content (AvgIpc) is 0.992. The molecule has 0 heterocycles. The predicted molar refractivity (Wildman–Crippen MR) is 405 cm³/mol. The number of ether oxygens (including phenoxy) is 4. The molecule has 5 atom stereocenters. The van der Waals surface area contributed by atoms with Gasteiger partial charge in [0.05, 0.1) is 26.4 Å². The summed E-state index contributed by atoms with van der Waals surface area (Å²) in [4.78, 5) is 72.9. The highest BCUT2D eigenvalue weighted by atomic mass is 31.2. The molecule has 2 unspecified atom stereocenters. The Labute approximate surface area is 607 Å². The van der Waals surface area contributed by atoms with Gasteiger partial charge in [0.1, 0.15) is 19.3 Å². The molecule has 0 bridgehead atoms. The van der Waals surface area contributed by atoms with Crippen molar-refractivity contribution in [2.75, 3.05) is 39.6 Å². The van der Waals surface area contributed by atoms with E-state index in [-0.39, 0.29) is 25.7 Å². The second-order valence-electron chi connectivity index (χ2n) is 29.3. The Kier molecular flexibility index (Phi) is 71.6. The number of aliphatic hydroxyl groups is 1. The van der Waals surface area contributed by atoms with E-state index in [0.29, 0.717) is 25.7 Å². The summed E-state index contributed by atoms with van der Waals surface area (Å²) in [6.45, 7) is 7.32. The molecular weight excluding hydrogens is 1290 g/mol. The lowest BCUT2D eigenvalue weighted by atomic mass is 10.0. The van der Waals surface area contributed by atoms with Crippen molar-refractivity contribution in [2.24, 2.45) is 5.92 Å². The SMILES string of the molecule is CCCCCCCCCCCCCCCCCCCCC(=O)OC[C@H](COP(=O)(O)OC[C@@H](O)COP(=O)(O)OC[C@@H](COC(=O)CCCCCCCCC)OC(=O)CCCCCCCCCCCCCCCCCC)OC(=O)CCCCCCCCCCCCCCCCCC(C)C. The molecule has 588 valence electrons. The van der Waals surface area contributed by atoms with Crippen LogP contribution in [0.4, 0.5) is 0 Å². The zero-order valence-corrected chi connectivity index (χ0v) is 66.4. The van der Waals surface area contributed by atoms with Crippen LogP contribution in [0.5, 0.6) is 0 Å². The van der Waals surface area contributed by atoms with Crippen molar-refractivity contribution in [1.82, 2.24) is 0 Å². The van der Waals surface area contributed by atoms with Gasteiger partial charge in [0.2, 0.25) is 0 Å². The summed E-state index contributed by atoms with van der Waals surface area (Å²) >= 11 is 0. The highest BCUT2D eigenvalue weighted by Gasteiger charge is 2.30. The van der Waals surface area contributed by atoms with E-state index in [9.17, 15) is 43.2 Å². The van der Waals surface area contributed by atoms with Crippen LogP contribution in [0.25, 0.3) is 0 Å². The third-order valence-electron chi connectivity index (χ3n) is 18.8. The van der Waals surface area contributed by atoms with E-state index in [1.165, 1.54) is 238 Å². The van der Waals surface area contributed by atoms with Gasteiger partial charge in [-0.05, 0) is 31.6 Å². The number of hydrogen-bond acceptors (Lipinski definition) is 15. The molecule has 19 heteroatoms. The number of carbonyl (C=O) groups excluding carboxylic acids is 4. The fourth-order valence-electron chi connectivity index (χ4n) is 12.4. The Morgan fingerprint density at radius 2 is 0.465 bits per heavy atom. The first-order chi connectivity index (χ1) is 48.0. The van der Waals surface area contributed by atoms with Crippen LogP contribution < -0.4 is 0 Å². The van der Waals surface area contributed by atoms with E-state index in [0.717, 1.165) is 109 Å². The number of aliphatic hydroxyl groups excluding tert-OH is 1. The first kappa shape index (κ1) is 97.1. The summed E-state index contributed by atoms with van der Waals surface area (Å²) in [5.74, 6) is -1.31. The monoisotopic (exact) mass is 1450 g/mol. The van der Waals surface area contributed by atoms with Gasteiger partial charge >= 0.3 is 39.5 Å².